The molecule has 0 saturated carbocycles. The van der Waals surface area contributed by atoms with Crippen LogP contribution in [0, 0.1) is 24.1 Å². The SMILES string of the molecule is Cc1ccn(-c2cc(Oc3ccc(NC(=O)Nc4cc(C(C)(C)C)nn4-c4cccc(C#N)c4)c(F)c3)ccn2)n1. The maximum absolute atomic E-state index is 15.0. The lowest BCUT2D eigenvalue weighted by Gasteiger charge is -2.14. The predicted molar refractivity (Wildman–Crippen MR) is 152 cm³/mol. The van der Waals surface area contributed by atoms with Gasteiger partial charge in [0.1, 0.15) is 23.1 Å². The number of pyridine rings is 1. The molecular formula is C30H27FN8O2. The van der Waals surface area contributed by atoms with E-state index in [1.54, 1.807) is 70.3 Å². The van der Waals surface area contributed by atoms with Crippen LogP contribution in [0.1, 0.15) is 37.7 Å². The van der Waals surface area contributed by atoms with Gasteiger partial charge in [-0.05, 0) is 49.4 Å². The highest BCUT2D eigenvalue weighted by molar-refractivity contribution is 5.99. The van der Waals surface area contributed by atoms with E-state index in [0.29, 0.717) is 28.6 Å². The lowest BCUT2D eigenvalue weighted by Crippen LogP contribution is -2.22. The third kappa shape index (κ3) is 6.23. The zero-order valence-electron chi connectivity index (χ0n) is 22.9. The first-order valence-electron chi connectivity index (χ1n) is 12.7. The van der Waals surface area contributed by atoms with Gasteiger partial charge in [0.15, 0.2) is 5.82 Å². The van der Waals surface area contributed by atoms with Crippen molar-refractivity contribution >= 4 is 17.5 Å². The Kier molecular flexibility index (Phi) is 7.22. The molecule has 5 rings (SSSR count). The van der Waals surface area contributed by atoms with Crippen molar-refractivity contribution in [1.82, 2.24) is 24.5 Å². The molecule has 3 aromatic heterocycles. The predicted octanol–water partition coefficient (Wildman–Crippen LogP) is 6.51. The van der Waals surface area contributed by atoms with E-state index in [-0.39, 0.29) is 16.9 Å². The molecule has 0 aliphatic carbocycles. The van der Waals surface area contributed by atoms with Gasteiger partial charge >= 0.3 is 6.03 Å². The van der Waals surface area contributed by atoms with Gasteiger partial charge in [0.2, 0.25) is 0 Å². The highest BCUT2D eigenvalue weighted by atomic mass is 19.1. The summed E-state index contributed by atoms with van der Waals surface area (Å²) in [5.74, 6) is 0.931. The van der Waals surface area contributed by atoms with Crippen molar-refractivity contribution in [3.05, 3.63) is 102 Å². The van der Waals surface area contributed by atoms with Crippen molar-refractivity contribution in [2.75, 3.05) is 10.6 Å². The number of anilines is 2. The van der Waals surface area contributed by atoms with E-state index >= 15 is 0 Å². The van der Waals surface area contributed by atoms with E-state index in [1.807, 2.05) is 33.8 Å². The lowest BCUT2D eigenvalue weighted by atomic mass is 9.92. The second kappa shape index (κ2) is 10.9. The number of benzene rings is 2. The minimum Gasteiger partial charge on any atom is -0.457 e. The number of nitrogens with zero attached hydrogens (tertiary/aromatic N) is 6. The molecule has 2 aromatic carbocycles. The maximum atomic E-state index is 15.0. The summed E-state index contributed by atoms with van der Waals surface area (Å²) in [4.78, 5) is 17.2. The molecule has 0 saturated heterocycles. The third-order valence-corrected chi connectivity index (χ3v) is 6.04. The van der Waals surface area contributed by atoms with Gasteiger partial charge in [0.05, 0.1) is 34.4 Å². The van der Waals surface area contributed by atoms with Crippen molar-refractivity contribution in [3.63, 3.8) is 0 Å². The first-order valence-corrected chi connectivity index (χ1v) is 12.7. The van der Waals surface area contributed by atoms with Gasteiger partial charge in [0.25, 0.3) is 0 Å². The second-order valence-corrected chi connectivity index (χ2v) is 10.3. The van der Waals surface area contributed by atoms with Gasteiger partial charge in [0, 0.05) is 36.0 Å². The Morgan fingerprint density at radius 2 is 1.80 bits per heavy atom. The first kappa shape index (κ1) is 27.1. The van der Waals surface area contributed by atoms with Crippen LogP contribution in [0.15, 0.2) is 79.1 Å². The standard InChI is InChI=1S/C30H27FN8O2/c1-19-11-13-38(36-19)27-16-23(10-12-33-27)41-22-8-9-25(24(31)15-22)34-29(40)35-28-17-26(30(2,3)4)37-39(28)21-7-5-6-20(14-21)18-32/h5-17H,1-4H3,(H2,34,35,40). The number of nitriles is 1. The highest BCUT2D eigenvalue weighted by Gasteiger charge is 2.22. The number of ether oxygens (including phenoxy) is 1. The molecule has 206 valence electrons. The van der Waals surface area contributed by atoms with E-state index in [9.17, 15) is 14.4 Å². The topological polar surface area (TPSA) is 123 Å². The number of aryl methyl sites for hydroxylation is 1. The Morgan fingerprint density at radius 1 is 1.00 bits per heavy atom. The normalized spacial score (nSPS) is 11.1. The minimum atomic E-state index is -0.680. The number of halogens is 1. The van der Waals surface area contributed by atoms with Gasteiger partial charge in [-0.25, -0.2) is 23.5 Å². The molecular weight excluding hydrogens is 523 g/mol. The van der Waals surface area contributed by atoms with Crippen LogP contribution >= 0.6 is 0 Å². The summed E-state index contributed by atoms with van der Waals surface area (Å²) in [7, 11) is 0. The number of amides is 2. The Bertz CT molecular complexity index is 1780. The smallest absolute Gasteiger partial charge is 0.324 e. The molecule has 0 unspecified atom stereocenters. The van der Waals surface area contributed by atoms with Gasteiger partial charge in [-0.1, -0.05) is 26.8 Å². The van der Waals surface area contributed by atoms with E-state index in [4.69, 9.17) is 4.74 Å². The number of urea groups is 1. The maximum Gasteiger partial charge on any atom is 0.324 e. The quantitative estimate of drug-likeness (QED) is 0.249. The fourth-order valence-corrected chi connectivity index (χ4v) is 3.94. The number of carbonyl (C=O) groups is 1. The van der Waals surface area contributed by atoms with E-state index in [2.05, 4.69) is 31.9 Å². The van der Waals surface area contributed by atoms with Crippen molar-refractivity contribution in [1.29, 1.82) is 5.26 Å². The molecule has 0 bridgehead atoms. The Hall–Kier alpha value is -5.50. The number of rotatable bonds is 6. The summed E-state index contributed by atoms with van der Waals surface area (Å²) in [6.07, 6.45) is 3.36. The molecule has 0 fully saturated rings. The van der Waals surface area contributed by atoms with Crippen LogP contribution in [0.3, 0.4) is 0 Å². The largest absolute Gasteiger partial charge is 0.457 e. The summed E-state index contributed by atoms with van der Waals surface area (Å²) in [5.41, 5.74) is 2.29. The number of carbonyl (C=O) groups excluding carboxylic acids is 1. The number of hydrogen-bond donors (Lipinski definition) is 2. The molecule has 0 radical (unpaired) electrons. The molecule has 5 aromatic rings. The molecule has 2 N–H and O–H groups in total. The number of nitrogens with one attached hydrogen (secondary N) is 2. The summed E-state index contributed by atoms with van der Waals surface area (Å²) in [6.45, 7) is 7.87. The van der Waals surface area contributed by atoms with Crippen LogP contribution in [0.25, 0.3) is 11.5 Å². The average Bonchev–Trinajstić information content (AvgIpc) is 3.57. The lowest BCUT2D eigenvalue weighted by molar-refractivity contribution is 0.262. The third-order valence-electron chi connectivity index (χ3n) is 6.04. The van der Waals surface area contributed by atoms with Crippen LogP contribution in [-0.2, 0) is 5.41 Å². The molecule has 0 aliphatic heterocycles. The zero-order chi connectivity index (χ0) is 29.1. The molecule has 11 heteroatoms. The van der Waals surface area contributed by atoms with Crippen molar-refractivity contribution in [2.45, 2.75) is 33.1 Å². The van der Waals surface area contributed by atoms with Crippen LogP contribution in [-0.4, -0.2) is 30.6 Å². The van der Waals surface area contributed by atoms with Crippen LogP contribution < -0.4 is 15.4 Å². The van der Waals surface area contributed by atoms with E-state index in [0.717, 1.165) is 11.4 Å². The van der Waals surface area contributed by atoms with Crippen molar-refractivity contribution in [3.8, 4) is 29.1 Å². The number of aromatic nitrogens is 5. The highest BCUT2D eigenvalue weighted by Crippen LogP contribution is 2.28. The zero-order valence-corrected chi connectivity index (χ0v) is 22.9. The number of hydrogen-bond acceptors (Lipinski definition) is 6. The van der Waals surface area contributed by atoms with E-state index in [1.165, 1.54) is 12.1 Å². The van der Waals surface area contributed by atoms with E-state index < -0.39 is 11.8 Å². The monoisotopic (exact) mass is 550 g/mol. The Balaban J connectivity index is 1.32. The molecule has 10 nitrogen and oxygen atoms in total. The van der Waals surface area contributed by atoms with Gasteiger partial charge in [-0.15, -0.1) is 0 Å². The summed E-state index contributed by atoms with van der Waals surface area (Å²) < 4.78 is 24.0. The van der Waals surface area contributed by atoms with Gasteiger partial charge < -0.3 is 10.1 Å². The fourth-order valence-electron chi connectivity index (χ4n) is 3.94. The van der Waals surface area contributed by atoms with Gasteiger partial charge in [-0.3, -0.25) is 5.32 Å². The molecule has 0 atom stereocenters. The summed E-state index contributed by atoms with van der Waals surface area (Å²) >= 11 is 0. The van der Waals surface area contributed by atoms with Crippen LogP contribution in [0.5, 0.6) is 11.5 Å². The second-order valence-electron chi connectivity index (χ2n) is 10.3. The van der Waals surface area contributed by atoms with Gasteiger partial charge in [-0.2, -0.15) is 15.5 Å². The fraction of sp³-hybridized carbons (Fsp3) is 0.167. The summed E-state index contributed by atoms with van der Waals surface area (Å²) in [5, 5.41) is 23.6. The molecule has 3 heterocycles. The minimum absolute atomic E-state index is 0.0362. The molecule has 41 heavy (non-hydrogen) atoms. The molecule has 0 aliphatic rings. The van der Waals surface area contributed by atoms with Crippen molar-refractivity contribution in [2.24, 2.45) is 0 Å². The molecule has 0 spiro atoms. The molecule has 2 amide bonds. The van der Waals surface area contributed by atoms with Crippen LogP contribution in [0.2, 0.25) is 0 Å². The van der Waals surface area contributed by atoms with Crippen LogP contribution in [0.4, 0.5) is 20.7 Å². The Labute approximate surface area is 236 Å². The average molecular weight is 551 g/mol. The first-order chi connectivity index (χ1) is 19.6. The van der Waals surface area contributed by atoms with Crippen molar-refractivity contribution < 1.29 is 13.9 Å². The Morgan fingerprint density at radius 3 is 2.51 bits per heavy atom. The summed E-state index contributed by atoms with van der Waals surface area (Å²) in [6, 6.07) is 19.4.